The minimum Gasteiger partial charge on any atom is -0.368 e. The molecule has 1 fully saturated rings. The van der Waals surface area contributed by atoms with Gasteiger partial charge in [0.1, 0.15) is 22.7 Å². The van der Waals surface area contributed by atoms with Crippen LogP contribution in [0, 0.1) is 24.6 Å². The molecule has 1 saturated heterocycles. The molecule has 1 N–H and O–H groups in total. The molecule has 2 heterocycles. The SMILES string of the molecule is Cc1nc(C#Cc2ccc(F)c([C@@]3(C)NCCOC(C)(C)C3(F)F)c2)cs1. The molecule has 2 aromatic rings. The number of hydrogen-bond acceptors (Lipinski definition) is 4. The average molecular weight is 394 g/mol. The molecule has 27 heavy (non-hydrogen) atoms. The van der Waals surface area contributed by atoms with Crippen molar-refractivity contribution in [2.45, 2.75) is 44.8 Å². The zero-order valence-electron chi connectivity index (χ0n) is 15.6. The van der Waals surface area contributed by atoms with E-state index in [0.717, 1.165) is 5.01 Å². The smallest absolute Gasteiger partial charge is 0.297 e. The monoisotopic (exact) mass is 394 g/mol. The molecule has 0 spiro atoms. The summed E-state index contributed by atoms with van der Waals surface area (Å²) in [5.41, 5.74) is -2.78. The minimum atomic E-state index is -3.37. The molecular weight excluding hydrogens is 373 g/mol. The van der Waals surface area contributed by atoms with E-state index in [0.29, 0.717) is 11.3 Å². The Kier molecular flexibility index (Phi) is 5.10. The van der Waals surface area contributed by atoms with Crippen molar-refractivity contribution < 1.29 is 17.9 Å². The number of aromatic nitrogens is 1. The second-order valence-electron chi connectivity index (χ2n) is 7.18. The second kappa shape index (κ2) is 6.93. The van der Waals surface area contributed by atoms with Crippen LogP contribution in [0.4, 0.5) is 13.2 Å². The predicted molar refractivity (Wildman–Crippen MR) is 99.6 cm³/mol. The molecule has 0 saturated carbocycles. The van der Waals surface area contributed by atoms with E-state index in [1.807, 2.05) is 12.3 Å². The van der Waals surface area contributed by atoms with Crippen LogP contribution in [0.25, 0.3) is 0 Å². The lowest BCUT2D eigenvalue weighted by Crippen LogP contribution is -2.61. The molecule has 144 valence electrons. The highest BCUT2D eigenvalue weighted by molar-refractivity contribution is 7.09. The van der Waals surface area contributed by atoms with Crippen molar-refractivity contribution in [1.82, 2.24) is 10.3 Å². The van der Waals surface area contributed by atoms with E-state index in [2.05, 4.69) is 22.1 Å². The number of ether oxygens (including phenoxy) is 1. The number of hydrogen-bond donors (Lipinski definition) is 1. The fraction of sp³-hybridized carbons (Fsp3) is 0.450. The maximum absolute atomic E-state index is 15.3. The Bertz CT molecular complexity index is 913. The van der Waals surface area contributed by atoms with Crippen molar-refractivity contribution in [2.75, 3.05) is 13.2 Å². The first-order valence-corrected chi connectivity index (χ1v) is 9.46. The lowest BCUT2D eigenvalue weighted by Gasteiger charge is -2.44. The highest BCUT2D eigenvalue weighted by atomic mass is 32.1. The summed E-state index contributed by atoms with van der Waals surface area (Å²) in [5.74, 6) is 1.70. The van der Waals surface area contributed by atoms with Crippen LogP contribution >= 0.6 is 11.3 Å². The molecule has 0 aliphatic carbocycles. The van der Waals surface area contributed by atoms with Gasteiger partial charge < -0.3 is 10.1 Å². The van der Waals surface area contributed by atoms with Crippen molar-refractivity contribution in [2.24, 2.45) is 0 Å². The Morgan fingerprint density at radius 3 is 2.63 bits per heavy atom. The number of aryl methyl sites for hydroxylation is 1. The Morgan fingerprint density at radius 2 is 1.96 bits per heavy atom. The molecule has 1 aromatic carbocycles. The third-order valence-corrected chi connectivity index (χ3v) is 5.66. The summed E-state index contributed by atoms with van der Waals surface area (Å²) in [4.78, 5) is 4.25. The number of nitrogens with one attached hydrogen (secondary N) is 1. The van der Waals surface area contributed by atoms with Crippen LogP contribution in [0.1, 0.15) is 42.6 Å². The molecule has 1 aromatic heterocycles. The van der Waals surface area contributed by atoms with Gasteiger partial charge in [0, 0.05) is 23.1 Å². The van der Waals surface area contributed by atoms with Crippen molar-refractivity contribution in [3.05, 3.63) is 51.2 Å². The second-order valence-corrected chi connectivity index (χ2v) is 8.24. The van der Waals surface area contributed by atoms with Crippen LogP contribution in [0.15, 0.2) is 23.6 Å². The van der Waals surface area contributed by atoms with E-state index < -0.39 is 22.9 Å². The van der Waals surface area contributed by atoms with Gasteiger partial charge in [-0.25, -0.2) is 18.2 Å². The lowest BCUT2D eigenvalue weighted by atomic mass is 9.77. The van der Waals surface area contributed by atoms with E-state index in [1.165, 1.54) is 50.3 Å². The third-order valence-electron chi connectivity index (χ3n) is 4.89. The fourth-order valence-electron chi connectivity index (χ4n) is 3.22. The Hall–Kier alpha value is -1.88. The van der Waals surface area contributed by atoms with Gasteiger partial charge in [-0.15, -0.1) is 11.3 Å². The topological polar surface area (TPSA) is 34.2 Å². The zero-order chi connectivity index (χ0) is 19.9. The summed E-state index contributed by atoms with van der Waals surface area (Å²) < 4.78 is 50.6. The molecule has 3 nitrogen and oxygen atoms in total. The molecule has 0 radical (unpaired) electrons. The van der Waals surface area contributed by atoms with Crippen LogP contribution < -0.4 is 5.32 Å². The zero-order valence-corrected chi connectivity index (χ0v) is 16.4. The highest BCUT2D eigenvalue weighted by Gasteiger charge is 2.63. The Labute approximate surface area is 161 Å². The standard InChI is InChI=1S/C20H21F3N2OS/c1-13-25-15(12-27-13)7-5-14-6-8-17(21)16(11-14)19(4)20(22,23)18(2,3)26-10-9-24-19/h6,8,11-12,24H,9-10H2,1-4H3/t19-/m1/s1. The van der Waals surface area contributed by atoms with Gasteiger partial charge >= 0.3 is 0 Å². The molecular formula is C20H21F3N2OS. The quantitative estimate of drug-likeness (QED) is 0.735. The molecule has 1 aliphatic heterocycles. The number of nitrogens with zero attached hydrogens (tertiary/aromatic N) is 1. The van der Waals surface area contributed by atoms with Crippen molar-refractivity contribution in [3.63, 3.8) is 0 Å². The Balaban J connectivity index is 2.06. The molecule has 3 rings (SSSR count). The first-order valence-electron chi connectivity index (χ1n) is 8.58. The van der Waals surface area contributed by atoms with Crippen LogP contribution in [0.5, 0.6) is 0 Å². The molecule has 0 unspecified atom stereocenters. The normalized spacial score (nSPS) is 24.0. The molecule has 0 amide bonds. The number of benzene rings is 1. The van der Waals surface area contributed by atoms with E-state index in [4.69, 9.17) is 4.74 Å². The number of alkyl halides is 2. The van der Waals surface area contributed by atoms with E-state index in [9.17, 15) is 4.39 Å². The summed E-state index contributed by atoms with van der Waals surface area (Å²) in [7, 11) is 0. The Morgan fingerprint density at radius 1 is 1.22 bits per heavy atom. The van der Waals surface area contributed by atoms with Gasteiger partial charge in [0.15, 0.2) is 0 Å². The number of thiazole rings is 1. The first-order chi connectivity index (χ1) is 12.6. The van der Waals surface area contributed by atoms with E-state index in [-0.39, 0.29) is 18.7 Å². The number of rotatable bonds is 1. The molecule has 1 atom stereocenters. The van der Waals surface area contributed by atoms with Crippen molar-refractivity contribution in [1.29, 1.82) is 0 Å². The van der Waals surface area contributed by atoms with Gasteiger partial charge in [0.2, 0.25) is 0 Å². The van der Waals surface area contributed by atoms with Gasteiger partial charge in [0.05, 0.1) is 11.6 Å². The minimum absolute atomic E-state index is 0.114. The van der Waals surface area contributed by atoms with Crippen LogP contribution in [0.3, 0.4) is 0 Å². The molecule has 7 heteroatoms. The van der Waals surface area contributed by atoms with Crippen molar-refractivity contribution in [3.8, 4) is 11.8 Å². The summed E-state index contributed by atoms with van der Waals surface area (Å²) in [6, 6.07) is 4.03. The first kappa shape index (κ1) is 19.9. The summed E-state index contributed by atoms with van der Waals surface area (Å²) in [6.45, 7) is 6.12. The maximum atomic E-state index is 15.3. The van der Waals surface area contributed by atoms with Gasteiger partial charge in [-0.1, -0.05) is 5.92 Å². The average Bonchev–Trinajstić information content (AvgIpc) is 2.99. The van der Waals surface area contributed by atoms with Crippen LogP contribution in [-0.2, 0) is 10.3 Å². The maximum Gasteiger partial charge on any atom is 0.297 e. The van der Waals surface area contributed by atoms with Gasteiger partial charge in [-0.2, -0.15) is 0 Å². The van der Waals surface area contributed by atoms with E-state index >= 15 is 8.78 Å². The lowest BCUT2D eigenvalue weighted by molar-refractivity contribution is -0.216. The summed E-state index contributed by atoms with van der Waals surface area (Å²) in [5, 5.41) is 5.49. The van der Waals surface area contributed by atoms with Gasteiger partial charge in [-0.05, 0) is 51.8 Å². The summed E-state index contributed by atoms with van der Waals surface area (Å²) >= 11 is 1.47. The molecule has 0 bridgehead atoms. The van der Waals surface area contributed by atoms with Crippen molar-refractivity contribution >= 4 is 11.3 Å². The summed E-state index contributed by atoms with van der Waals surface area (Å²) in [6.07, 6.45) is 0. The highest BCUT2D eigenvalue weighted by Crippen LogP contribution is 2.48. The third kappa shape index (κ3) is 3.49. The van der Waals surface area contributed by atoms with E-state index in [1.54, 1.807) is 0 Å². The molecule has 1 aliphatic rings. The van der Waals surface area contributed by atoms with Gasteiger partial charge in [-0.3, -0.25) is 0 Å². The van der Waals surface area contributed by atoms with Crippen LogP contribution in [0.2, 0.25) is 0 Å². The number of halogens is 3. The predicted octanol–water partition coefficient (Wildman–Crippen LogP) is 4.24. The fourth-order valence-corrected chi connectivity index (χ4v) is 3.76. The largest absolute Gasteiger partial charge is 0.368 e. The van der Waals surface area contributed by atoms with Crippen LogP contribution in [-0.4, -0.2) is 29.7 Å². The van der Waals surface area contributed by atoms with Gasteiger partial charge in [0.25, 0.3) is 5.92 Å².